The maximum Gasteiger partial charge on any atom is 0.261 e. The Hall–Kier alpha value is -1.31. The quantitative estimate of drug-likeness (QED) is 0.839. The van der Waals surface area contributed by atoms with Crippen LogP contribution in [0.5, 0.6) is 0 Å². The van der Waals surface area contributed by atoms with Gasteiger partial charge in [-0.15, -0.1) is 11.3 Å². The Kier molecular flexibility index (Phi) is 6.28. The van der Waals surface area contributed by atoms with Crippen molar-refractivity contribution >= 4 is 17.2 Å². The molecule has 1 fully saturated rings. The van der Waals surface area contributed by atoms with Gasteiger partial charge in [0.1, 0.15) is 6.61 Å². The maximum absolute atomic E-state index is 12.2. The van der Waals surface area contributed by atoms with Crippen molar-refractivity contribution in [2.24, 2.45) is 5.92 Å². The molecule has 4 heteroatoms. The minimum Gasteiger partial charge on any atom is -0.384 e. The fraction of sp³-hybridized carbons (Fsp3) is 0.588. The van der Waals surface area contributed by atoms with Crippen LogP contribution in [0.2, 0.25) is 0 Å². The van der Waals surface area contributed by atoms with E-state index >= 15 is 0 Å². The lowest BCUT2D eigenvalue weighted by atomic mass is 9.83. The predicted octanol–water partition coefficient (Wildman–Crippen LogP) is 3.18. The standard InChI is InChI=1S/C17H23NO2S/c1-2-4-13-6-8-14(9-7-13)18-17(20)16-11-10-15(21-16)5-3-12-19/h10-11,13-14,19H,2,4,6-9,12H2,1H3,(H,18,20). The molecule has 0 aromatic carbocycles. The maximum atomic E-state index is 12.2. The molecule has 21 heavy (non-hydrogen) atoms. The molecule has 1 aromatic rings. The van der Waals surface area contributed by atoms with E-state index in [1.54, 1.807) is 0 Å². The number of carbonyl (C=O) groups excluding carboxylic acids is 1. The Morgan fingerprint density at radius 2 is 2.14 bits per heavy atom. The van der Waals surface area contributed by atoms with E-state index in [9.17, 15) is 4.79 Å². The third kappa shape index (κ3) is 4.87. The van der Waals surface area contributed by atoms with Gasteiger partial charge in [0.15, 0.2) is 0 Å². The summed E-state index contributed by atoms with van der Waals surface area (Å²) in [6, 6.07) is 3.96. The third-order valence-electron chi connectivity index (χ3n) is 4.00. The van der Waals surface area contributed by atoms with Gasteiger partial charge in [0.2, 0.25) is 0 Å². The molecule has 0 bridgehead atoms. The summed E-state index contributed by atoms with van der Waals surface area (Å²) in [6.07, 6.45) is 7.23. The largest absolute Gasteiger partial charge is 0.384 e. The minimum absolute atomic E-state index is 0.0102. The molecular weight excluding hydrogens is 282 g/mol. The van der Waals surface area contributed by atoms with E-state index in [2.05, 4.69) is 24.1 Å². The van der Waals surface area contributed by atoms with Gasteiger partial charge in [0.25, 0.3) is 5.91 Å². The lowest BCUT2D eigenvalue weighted by molar-refractivity contribution is 0.0925. The van der Waals surface area contributed by atoms with Crippen LogP contribution in [-0.4, -0.2) is 23.7 Å². The molecule has 0 radical (unpaired) electrons. The Morgan fingerprint density at radius 3 is 2.81 bits per heavy atom. The lowest BCUT2D eigenvalue weighted by Gasteiger charge is -2.28. The highest BCUT2D eigenvalue weighted by atomic mass is 32.1. The lowest BCUT2D eigenvalue weighted by Crippen LogP contribution is -2.37. The number of aliphatic hydroxyl groups excluding tert-OH is 1. The van der Waals surface area contributed by atoms with Gasteiger partial charge in [0.05, 0.1) is 9.75 Å². The number of thiophene rings is 1. The molecule has 0 unspecified atom stereocenters. The summed E-state index contributed by atoms with van der Waals surface area (Å²) in [7, 11) is 0. The fourth-order valence-electron chi connectivity index (χ4n) is 2.91. The van der Waals surface area contributed by atoms with E-state index in [1.807, 2.05) is 12.1 Å². The third-order valence-corrected chi connectivity index (χ3v) is 5.00. The van der Waals surface area contributed by atoms with E-state index in [4.69, 9.17) is 5.11 Å². The van der Waals surface area contributed by atoms with Crippen molar-refractivity contribution < 1.29 is 9.90 Å². The van der Waals surface area contributed by atoms with Gasteiger partial charge >= 0.3 is 0 Å². The van der Waals surface area contributed by atoms with Gasteiger partial charge in [-0.2, -0.15) is 0 Å². The number of hydrogen-bond donors (Lipinski definition) is 2. The summed E-state index contributed by atoms with van der Waals surface area (Å²) in [4.78, 5) is 13.7. The average Bonchev–Trinajstić information content (AvgIpc) is 2.96. The first-order valence-corrected chi connectivity index (χ1v) is 8.55. The first kappa shape index (κ1) is 16.1. The molecule has 1 saturated carbocycles. The molecule has 2 rings (SSSR count). The predicted molar refractivity (Wildman–Crippen MR) is 86.4 cm³/mol. The SMILES string of the molecule is CCCC1CCC(NC(=O)c2ccc(C#CCO)s2)CC1. The van der Waals surface area contributed by atoms with Crippen LogP contribution in [0.25, 0.3) is 0 Å². The molecule has 1 heterocycles. The molecular formula is C17H23NO2S. The Bertz CT molecular complexity index is 518. The highest BCUT2D eigenvalue weighted by molar-refractivity contribution is 7.14. The van der Waals surface area contributed by atoms with Crippen molar-refractivity contribution in [3.63, 3.8) is 0 Å². The van der Waals surface area contributed by atoms with E-state index in [-0.39, 0.29) is 12.5 Å². The number of aliphatic hydroxyl groups is 1. The van der Waals surface area contributed by atoms with Gasteiger partial charge in [-0.25, -0.2) is 0 Å². The Morgan fingerprint density at radius 1 is 1.38 bits per heavy atom. The first-order chi connectivity index (χ1) is 10.2. The second-order valence-electron chi connectivity index (χ2n) is 5.60. The van der Waals surface area contributed by atoms with E-state index < -0.39 is 0 Å². The Balaban J connectivity index is 1.83. The number of carbonyl (C=O) groups is 1. The molecule has 0 aliphatic heterocycles. The van der Waals surface area contributed by atoms with Gasteiger partial charge < -0.3 is 10.4 Å². The van der Waals surface area contributed by atoms with Crippen molar-refractivity contribution in [1.29, 1.82) is 0 Å². The zero-order valence-electron chi connectivity index (χ0n) is 12.5. The van der Waals surface area contributed by atoms with E-state index in [0.717, 1.165) is 23.6 Å². The molecule has 3 nitrogen and oxygen atoms in total. The minimum atomic E-state index is -0.152. The molecule has 1 aliphatic rings. The second-order valence-corrected chi connectivity index (χ2v) is 6.69. The molecule has 1 aromatic heterocycles. The van der Waals surface area contributed by atoms with Gasteiger partial charge in [0, 0.05) is 6.04 Å². The highest BCUT2D eigenvalue weighted by Gasteiger charge is 2.22. The van der Waals surface area contributed by atoms with Gasteiger partial charge in [-0.3, -0.25) is 4.79 Å². The first-order valence-electron chi connectivity index (χ1n) is 7.73. The van der Waals surface area contributed by atoms with Crippen molar-refractivity contribution in [3.8, 4) is 11.8 Å². The number of amides is 1. The monoisotopic (exact) mass is 305 g/mol. The van der Waals surface area contributed by atoms with Crippen molar-refractivity contribution in [2.45, 2.75) is 51.5 Å². The van der Waals surface area contributed by atoms with Crippen LogP contribution in [0.3, 0.4) is 0 Å². The zero-order chi connectivity index (χ0) is 15.1. The van der Waals surface area contributed by atoms with Crippen molar-refractivity contribution in [2.75, 3.05) is 6.61 Å². The van der Waals surface area contributed by atoms with E-state index in [1.165, 1.54) is 37.0 Å². The van der Waals surface area contributed by atoms with Crippen LogP contribution >= 0.6 is 11.3 Å². The molecule has 0 atom stereocenters. The van der Waals surface area contributed by atoms with Gasteiger partial charge in [-0.05, 0) is 43.7 Å². The summed E-state index contributed by atoms with van der Waals surface area (Å²) in [5.74, 6) is 6.29. The summed E-state index contributed by atoms with van der Waals surface area (Å²) in [6.45, 7) is 2.09. The normalized spacial score (nSPS) is 21.4. The van der Waals surface area contributed by atoms with Crippen LogP contribution < -0.4 is 5.32 Å². The summed E-state index contributed by atoms with van der Waals surface area (Å²) >= 11 is 1.38. The molecule has 1 aliphatic carbocycles. The topological polar surface area (TPSA) is 49.3 Å². The number of rotatable bonds is 4. The van der Waals surface area contributed by atoms with Crippen LogP contribution in [0.15, 0.2) is 12.1 Å². The molecule has 1 amide bonds. The molecule has 0 saturated heterocycles. The van der Waals surface area contributed by atoms with Crippen molar-refractivity contribution in [3.05, 3.63) is 21.9 Å². The van der Waals surface area contributed by atoms with Crippen molar-refractivity contribution in [1.82, 2.24) is 5.32 Å². The number of hydrogen-bond acceptors (Lipinski definition) is 3. The smallest absolute Gasteiger partial charge is 0.261 e. The van der Waals surface area contributed by atoms with Crippen LogP contribution in [0, 0.1) is 17.8 Å². The van der Waals surface area contributed by atoms with Crippen LogP contribution in [0.1, 0.15) is 60.0 Å². The van der Waals surface area contributed by atoms with Crippen LogP contribution in [0.4, 0.5) is 0 Å². The number of nitrogens with one attached hydrogen (secondary N) is 1. The molecule has 114 valence electrons. The molecule has 0 spiro atoms. The average molecular weight is 305 g/mol. The van der Waals surface area contributed by atoms with Gasteiger partial charge in [-0.1, -0.05) is 31.6 Å². The Labute approximate surface area is 130 Å². The fourth-order valence-corrected chi connectivity index (χ4v) is 3.70. The molecule has 2 N–H and O–H groups in total. The van der Waals surface area contributed by atoms with Crippen LogP contribution in [-0.2, 0) is 0 Å². The zero-order valence-corrected chi connectivity index (χ0v) is 13.3. The highest BCUT2D eigenvalue weighted by Crippen LogP contribution is 2.28. The summed E-state index contributed by atoms with van der Waals surface area (Å²) < 4.78 is 0. The summed E-state index contributed by atoms with van der Waals surface area (Å²) in [5.41, 5.74) is 0. The van der Waals surface area contributed by atoms with E-state index in [0.29, 0.717) is 10.9 Å². The summed E-state index contributed by atoms with van der Waals surface area (Å²) in [5, 5.41) is 11.8. The second kappa shape index (κ2) is 8.21.